The first-order chi connectivity index (χ1) is 9.58. The zero-order chi connectivity index (χ0) is 14.5. The minimum absolute atomic E-state index is 0.0411. The third-order valence-electron chi connectivity index (χ3n) is 2.26. The van der Waals surface area contributed by atoms with Crippen molar-refractivity contribution in [3.8, 4) is 11.4 Å². The zero-order valence-corrected chi connectivity index (χ0v) is 10.1. The molecular weight excluding hydrogens is 270 g/mol. The monoisotopic (exact) mass is 279 g/mol. The molecule has 0 aliphatic rings. The Hall–Kier alpha value is -2.81. The summed E-state index contributed by atoms with van der Waals surface area (Å²) >= 11 is 0. The van der Waals surface area contributed by atoms with E-state index in [1.807, 2.05) is 0 Å². The van der Waals surface area contributed by atoms with Gasteiger partial charge in [-0.1, -0.05) is 17.3 Å². The molecular formula is C11H9N3O6. The van der Waals surface area contributed by atoms with E-state index in [-0.39, 0.29) is 29.6 Å². The molecule has 0 aliphatic heterocycles. The highest BCUT2D eigenvalue weighted by atomic mass is 16.6. The lowest BCUT2D eigenvalue weighted by atomic mass is 10.2. The zero-order valence-electron chi connectivity index (χ0n) is 10.1. The summed E-state index contributed by atoms with van der Waals surface area (Å²) in [7, 11) is 0. The van der Waals surface area contributed by atoms with Crippen molar-refractivity contribution in [1.82, 2.24) is 10.1 Å². The second-order valence-electron chi connectivity index (χ2n) is 3.67. The average molecular weight is 279 g/mol. The number of nitro groups is 1. The van der Waals surface area contributed by atoms with Crippen molar-refractivity contribution < 1.29 is 24.1 Å². The van der Waals surface area contributed by atoms with Crippen LogP contribution in [0.4, 0.5) is 5.69 Å². The predicted octanol–water partition coefficient (Wildman–Crippen LogP) is 1.25. The molecule has 1 aromatic heterocycles. The lowest BCUT2D eigenvalue weighted by molar-refractivity contribution is -0.384. The first kappa shape index (κ1) is 13.6. The van der Waals surface area contributed by atoms with Crippen molar-refractivity contribution in [3.05, 3.63) is 40.3 Å². The van der Waals surface area contributed by atoms with Gasteiger partial charge in [0.1, 0.15) is 18.8 Å². The summed E-state index contributed by atoms with van der Waals surface area (Å²) < 4.78 is 9.61. The maximum Gasteiger partial charge on any atom is 0.329 e. The predicted molar refractivity (Wildman–Crippen MR) is 63.7 cm³/mol. The third kappa shape index (κ3) is 3.14. The first-order valence-corrected chi connectivity index (χ1v) is 5.44. The van der Waals surface area contributed by atoms with E-state index in [1.54, 1.807) is 6.07 Å². The lowest BCUT2D eigenvalue weighted by Gasteiger charge is -1.96. The van der Waals surface area contributed by atoms with Gasteiger partial charge in [-0.15, -0.1) is 0 Å². The number of rotatable bonds is 6. The van der Waals surface area contributed by atoms with Crippen molar-refractivity contribution in [3.63, 3.8) is 0 Å². The van der Waals surface area contributed by atoms with Gasteiger partial charge in [0.05, 0.1) is 4.92 Å². The lowest BCUT2D eigenvalue weighted by Crippen LogP contribution is -2.06. The number of carboxylic acid groups (broad SMARTS) is 1. The summed E-state index contributed by atoms with van der Waals surface area (Å²) in [6.45, 7) is -0.677. The van der Waals surface area contributed by atoms with Crippen LogP contribution in [0.3, 0.4) is 0 Å². The number of nitro benzene ring substituents is 1. The molecule has 0 aliphatic carbocycles. The van der Waals surface area contributed by atoms with Gasteiger partial charge in [-0.05, 0) is 6.07 Å². The highest BCUT2D eigenvalue weighted by Gasteiger charge is 2.19. The van der Waals surface area contributed by atoms with E-state index in [1.165, 1.54) is 18.2 Å². The number of aromatic nitrogens is 2. The third-order valence-corrected chi connectivity index (χ3v) is 2.26. The smallest absolute Gasteiger partial charge is 0.329 e. The van der Waals surface area contributed by atoms with Gasteiger partial charge in [0, 0.05) is 6.07 Å². The van der Waals surface area contributed by atoms with Gasteiger partial charge in [0.2, 0.25) is 5.82 Å². The van der Waals surface area contributed by atoms with E-state index in [0.29, 0.717) is 0 Å². The van der Waals surface area contributed by atoms with Crippen molar-refractivity contribution in [2.75, 3.05) is 6.61 Å². The van der Waals surface area contributed by atoms with E-state index < -0.39 is 17.5 Å². The van der Waals surface area contributed by atoms with Crippen molar-refractivity contribution in [1.29, 1.82) is 0 Å². The molecule has 9 heteroatoms. The van der Waals surface area contributed by atoms with E-state index in [2.05, 4.69) is 10.1 Å². The molecule has 1 N–H and O–H groups in total. The van der Waals surface area contributed by atoms with Crippen LogP contribution in [0.15, 0.2) is 28.8 Å². The Morgan fingerprint density at radius 1 is 1.45 bits per heavy atom. The Morgan fingerprint density at radius 2 is 2.20 bits per heavy atom. The van der Waals surface area contributed by atoms with E-state index >= 15 is 0 Å². The van der Waals surface area contributed by atoms with Crippen LogP contribution in [0.1, 0.15) is 5.89 Å². The summed E-state index contributed by atoms with van der Waals surface area (Å²) in [5.41, 5.74) is 0.0667. The van der Waals surface area contributed by atoms with Gasteiger partial charge in [0.15, 0.2) is 0 Å². The quantitative estimate of drug-likeness (QED) is 0.617. The van der Waals surface area contributed by atoms with E-state index in [4.69, 9.17) is 14.4 Å². The fourth-order valence-electron chi connectivity index (χ4n) is 1.47. The maximum atomic E-state index is 10.9. The molecule has 0 fully saturated rings. The number of hydrogen-bond acceptors (Lipinski definition) is 7. The molecule has 0 bridgehead atoms. The molecule has 1 heterocycles. The molecule has 2 rings (SSSR count). The molecule has 20 heavy (non-hydrogen) atoms. The standard InChI is InChI=1S/C11H9N3O6/c15-10(16)6-19-5-9-12-11(13-20-9)7-3-1-2-4-8(7)14(17)18/h1-4H,5-6H2,(H,15,16). The average Bonchev–Trinajstić information content (AvgIpc) is 2.87. The number of carboxylic acids is 1. The van der Waals surface area contributed by atoms with Crippen LogP contribution in [-0.2, 0) is 16.1 Å². The summed E-state index contributed by atoms with van der Waals surface area (Å²) in [4.78, 5) is 24.5. The number of ether oxygens (including phenoxy) is 1. The fraction of sp³-hybridized carbons (Fsp3) is 0.182. The second kappa shape index (κ2) is 5.89. The summed E-state index contributed by atoms with van der Waals surface area (Å²) in [5.74, 6) is -1.03. The molecule has 0 atom stereocenters. The molecule has 0 radical (unpaired) electrons. The molecule has 2 aromatic rings. The summed E-state index contributed by atoms with van der Waals surface area (Å²) in [6.07, 6.45) is 0. The van der Waals surface area contributed by atoms with Gasteiger partial charge in [-0.2, -0.15) is 4.98 Å². The Morgan fingerprint density at radius 3 is 2.90 bits per heavy atom. The van der Waals surface area contributed by atoms with Crippen molar-refractivity contribution in [2.45, 2.75) is 6.61 Å². The summed E-state index contributed by atoms with van der Waals surface area (Å²) in [5, 5.41) is 22.9. The topological polar surface area (TPSA) is 129 Å². The number of aliphatic carboxylic acids is 1. The van der Waals surface area contributed by atoms with Crippen LogP contribution >= 0.6 is 0 Å². The Bertz CT molecular complexity index is 639. The second-order valence-corrected chi connectivity index (χ2v) is 3.67. The molecule has 9 nitrogen and oxygen atoms in total. The minimum Gasteiger partial charge on any atom is -0.480 e. The van der Waals surface area contributed by atoms with E-state index in [0.717, 1.165) is 0 Å². The molecule has 0 saturated carbocycles. The van der Waals surface area contributed by atoms with Crippen molar-refractivity contribution >= 4 is 11.7 Å². The summed E-state index contributed by atoms with van der Waals surface area (Å²) in [6, 6.07) is 5.95. The Balaban J connectivity index is 2.16. The van der Waals surface area contributed by atoms with Gasteiger partial charge >= 0.3 is 5.97 Å². The molecule has 0 spiro atoms. The molecule has 0 saturated heterocycles. The van der Waals surface area contributed by atoms with Gasteiger partial charge < -0.3 is 14.4 Å². The van der Waals surface area contributed by atoms with Crippen LogP contribution in [0.25, 0.3) is 11.4 Å². The number of benzene rings is 1. The first-order valence-electron chi connectivity index (χ1n) is 5.44. The fourth-order valence-corrected chi connectivity index (χ4v) is 1.47. The number of hydrogen-bond donors (Lipinski definition) is 1. The van der Waals surface area contributed by atoms with Crippen LogP contribution in [0.5, 0.6) is 0 Å². The van der Waals surface area contributed by atoms with Gasteiger partial charge in [-0.25, -0.2) is 4.79 Å². The molecule has 0 amide bonds. The van der Waals surface area contributed by atoms with E-state index in [9.17, 15) is 14.9 Å². The molecule has 0 unspecified atom stereocenters. The molecule has 104 valence electrons. The minimum atomic E-state index is -1.12. The number of para-hydroxylation sites is 1. The van der Waals surface area contributed by atoms with Crippen LogP contribution in [0, 0.1) is 10.1 Å². The van der Waals surface area contributed by atoms with Crippen LogP contribution < -0.4 is 0 Å². The highest BCUT2D eigenvalue weighted by Crippen LogP contribution is 2.26. The Kier molecular flexibility index (Phi) is 4.01. The largest absolute Gasteiger partial charge is 0.480 e. The maximum absolute atomic E-state index is 10.9. The normalized spacial score (nSPS) is 10.4. The van der Waals surface area contributed by atoms with Crippen LogP contribution in [-0.4, -0.2) is 32.7 Å². The van der Waals surface area contributed by atoms with Gasteiger partial charge in [-0.3, -0.25) is 10.1 Å². The van der Waals surface area contributed by atoms with Crippen molar-refractivity contribution in [2.24, 2.45) is 0 Å². The van der Waals surface area contributed by atoms with Crippen LogP contribution in [0.2, 0.25) is 0 Å². The number of carbonyl (C=O) groups is 1. The number of nitrogens with zero attached hydrogens (tertiary/aromatic N) is 3. The molecule has 1 aromatic carbocycles. The highest BCUT2D eigenvalue weighted by molar-refractivity contribution is 5.68. The van der Waals surface area contributed by atoms with Gasteiger partial charge in [0.25, 0.3) is 11.6 Å². The SMILES string of the molecule is O=C(O)COCc1nc(-c2ccccc2[N+](=O)[O-])no1. The Labute approximate surface area is 111 Å².